The summed E-state index contributed by atoms with van der Waals surface area (Å²) >= 11 is 0. The number of ether oxygens (including phenoxy) is 1. The summed E-state index contributed by atoms with van der Waals surface area (Å²) in [7, 11) is 0. The van der Waals surface area contributed by atoms with Crippen LogP contribution in [0.25, 0.3) is 0 Å². The van der Waals surface area contributed by atoms with Crippen molar-refractivity contribution in [2.24, 2.45) is 0 Å². The molecule has 0 saturated heterocycles. The zero-order valence-electron chi connectivity index (χ0n) is 9.75. The van der Waals surface area contributed by atoms with Crippen molar-refractivity contribution < 1.29 is 14.3 Å². The molecule has 5 nitrogen and oxygen atoms in total. The number of nitrogens with zero attached hydrogens (tertiary/aromatic N) is 2. The van der Waals surface area contributed by atoms with Crippen LogP contribution in [0.5, 0.6) is 5.75 Å². The van der Waals surface area contributed by atoms with Gasteiger partial charge in [0.15, 0.2) is 6.61 Å². The summed E-state index contributed by atoms with van der Waals surface area (Å²) in [5, 5.41) is 17.1. The molecule has 1 aromatic heterocycles. The third-order valence-corrected chi connectivity index (χ3v) is 2.29. The molecule has 0 radical (unpaired) electrons. The fourth-order valence-corrected chi connectivity index (χ4v) is 1.49. The molecule has 0 aliphatic rings. The first-order valence-corrected chi connectivity index (χ1v) is 5.35. The quantitative estimate of drug-likeness (QED) is 0.876. The molecule has 1 N–H and O–H groups in total. The number of rotatable bonds is 4. The maximum atomic E-state index is 9.57. The van der Waals surface area contributed by atoms with Crippen LogP contribution in [0.2, 0.25) is 0 Å². The lowest BCUT2D eigenvalue weighted by atomic mass is 10.1. The highest BCUT2D eigenvalue weighted by Gasteiger charge is 2.09. The van der Waals surface area contributed by atoms with Crippen molar-refractivity contribution in [3.05, 3.63) is 41.6 Å². The third kappa shape index (κ3) is 2.82. The molecule has 17 heavy (non-hydrogen) atoms. The lowest BCUT2D eigenvalue weighted by molar-refractivity contribution is 0.187. The number of para-hydroxylation sites is 1. The Hall–Kier alpha value is -1.88. The van der Waals surface area contributed by atoms with Crippen LogP contribution in [0, 0.1) is 6.92 Å². The van der Waals surface area contributed by atoms with E-state index in [4.69, 9.17) is 9.15 Å². The largest absolute Gasteiger partial charge is 0.483 e. The van der Waals surface area contributed by atoms with Gasteiger partial charge in [-0.15, -0.1) is 10.2 Å². The molecule has 1 atom stereocenters. The van der Waals surface area contributed by atoms with Crippen LogP contribution in [0.3, 0.4) is 0 Å². The van der Waals surface area contributed by atoms with Crippen LogP contribution in [-0.2, 0) is 6.61 Å². The minimum atomic E-state index is -0.573. The van der Waals surface area contributed by atoms with Gasteiger partial charge in [0.25, 0.3) is 5.89 Å². The Morgan fingerprint density at radius 1 is 1.35 bits per heavy atom. The van der Waals surface area contributed by atoms with Gasteiger partial charge in [-0.2, -0.15) is 0 Å². The Balaban J connectivity index is 2.08. The maximum Gasteiger partial charge on any atom is 0.253 e. The van der Waals surface area contributed by atoms with Gasteiger partial charge < -0.3 is 14.3 Å². The van der Waals surface area contributed by atoms with Crippen LogP contribution >= 0.6 is 0 Å². The third-order valence-electron chi connectivity index (χ3n) is 2.29. The Morgan fingerprint density at radius 2 is 2.12 bits per heavy atom. The summed E-state index contributed by atoms with van der Waals surface area (Å²) in [6, 6.07) is 7.32. The highest BCUT2D eigenvalue weighted by atomic mass is 16.5. The highest BCUT2D eigenvalue weighted by molar-refractivity contribution is 5.34. The van der Waals surface area contributed by atoms with E-state index in [2.05, 4.69) is 10.2 Å². The molecule has 2 rings (SSSR count). The molecule has 1 heterocycles. The molecule has 0 bridgehead atoms. The van der Waals surface area contributed by atoms with Crippen molar-refractivity contribution in [1.82, 2.24) is 10.2 Å². The summed E-state index contributed by atoms with van der Waals surface area (Å²) in [6.07, 6.45) is -0.573. The second kappa shape index (κ2) is 4.97. The molecule has 0 fully saturated rings. The fraction of sp³-hybridized carbons (Fsp3) is 0.333. The standard InChI is InChI=1S/C12H14N2O3/c1-8(15)10-5-3-4-6-11(10)16-7-12-14-13-9(2)17-12/h3-6,8,15H,7H2,1-2H3/t8-/m0/s1. The maximum absolute atomic E-state index is 9.57. The Kier molecular flexibility index (Phi) is 3.39. The molecule has 0 aliphatic carbocycles. The fourth-order valence-electron chi connectivity index (χ4n) is 1.49. The molecule has 0 amide bonds. The molecular formula is C12H14N2O3. The lowest BCUT2D eigenvalue weighted by Gasteiger charge is -2.11. The van der Waals surface area contributed by atoms with E-state index in [1.807, 2.05) is 18.2 Å². The van der Waals surface area contributed by atoms with E-state index < -0.39 is 6.10 Å². The van der Waals surface area contributed by atoms with Crippen molar-refractivity contribution in [1.29, 1.82) is 0 Å². The van der Waals surface area contributed by atoms with Crippen molar-refractivity contribution in [2.75, 3.05) is 0 Å². The van der Waals surface area contributed by atoms with Crippen molar-refractivity contribution in [3.63, 3.8) is 0 Å². The zero-order valence-corrected chi connectivity index (χ0v) is 9.75. The first-order valence-electron chi connectivity index (χ1n) is 5.35. The average molecular weight is 234 g/mol. The summed E-state index contributed by atoms with van der Waals surface area (Å²) in [6.45, 7) is 3.61. The normalized spacial score (nSPS) is 12.4. The predicted molar refractivity (Wildman–Crippen MR) is 60.4 cm³/mol. The van der Waals surface area contributed by atoms with Gasteiger partial charge in [0.05, 0.1) is 6.10 Å². The summed E-state index contributed by atoms with van der Waals surface area (Å²) < 4.78 is 10.7. The molecule has 0 aliphatic heterocycles. The number of aliphatic hydroxyl groups is 1. The van der Waals surface area contributed by atoms with Gasteiger partial charge in [0, 0.05) is 12.5 Å². The monoisotopic (exact) mass is 234 g/mol. The highest BCUT2D eigenvalue weighted by Crippen LogP contribution is 2.25. The van der Waals surface area contributed by atoms with Crippen LogP contribution < -0.4 is 4.74 Å². The second-order valence-electron chi connectivity index (χ2n) is 3.72. The van der Waals surface area contributed by atoms with E-state index in [1.165, 1.54) is 0 Å². The molecule has 2 aromatic rings. The van der Waals surface area contributed by atoms with Gasteiger partial charge in [-0.05, 0) is 13.0 Å². The zero-order chi connectivity index (χ0) is 12.3. The lowest BCUT2D eigenvalue weighted by Crippen LogP contribution is -2.01. The van der Waals surface area contributed by atoms with E-state index in [9.17, 15) is 5.11 Å². The molecular weight excluding hydrogens is 220 g/mol. The van der Waals surface area contributed by atoms with Crippen LogP contribution in [0.15, 0.2) is 28.7 Å². The van der Waals surface area contributed by atoms with Gasteiger partial charge in [0.2, 0.25) is 5.89 Å². The van der Waals surface area contributed by atoms with Gasteiger partial charge in [0.1, 0.15) is 5.75 Å². The van der Waals surface area contributed by atoms with Crippen molar-refractivity contribution in [3.8, 4) is 5.75 Å². The van der Waals surface area contributed by atoms with Gasteiger partial charge in [-0.25, -0.2) is 0 Å². The summed E-state index contributed by atoms with van der Waals surface area (Å²) in [5.41, 5.74) is 0.740. The van der Waals surface area contributed by atoms with Crippen molar-refractivity contribution in [2.45, 2.75) is 26.6 Å². The van der Waals surface area contributed by atoms with Gasteiger partial charge >= 0.3 is 0 Å². The Labute approximate surface area is 99.1 Å². The summed E-state index contributed by atoms with van der Waals surface area (Å²) in [5.74, 6) is 1.55. The molecule has 0 unspecified atom stereocenters. The Bertz CT molecular complexity index is 494. The Morgan fingerprint density at radius 3 is 2.76 bits per heavy atom. The smallest absolute Gasteiger partial charge is 0.253 e. The van der Waals surface area contributed by atoms with E-state index in [0.29, 0.717) is 17.5 Å². The number of hydrogen-bond donors (Lipinski definition) is 1. The molecule has 0 saturated carbocycles. The van der Waals surface area contributed by atoms with Crippen molar-refractivity contribution >= 4 is 0 Å². The first kappa shape index (κ1) is 11.6. The number of benzene rings is 1. The minimum Gasteiger partial charge on any atom is -0.483 e. The number of aromatic nitrogens is 2. The SMILES string of the molecule is Cc1nnc(COc2ccccc2[C@H](C)O)o1. The van der Waals surface area contributed by atoms with Gasteiger partial charge in [-0.3, -0.25) is 0 Å². The number of hydrogen-bond acceptors (Lipinski definition) is 5. The number of aryl methyl sites for hydroxylation is 1. The van der Waals surface area contributed by atoms with E-state index in [0.717, 1.165) is 5.56 Å². The molecule has 1 aromatic carbocycles. The molecule has 90 valence electrons. The minimum absolute atomic E-state index is 0.199. The topological polar surface area (TPSA) is 68.4 Å². The van der Waals surface area contributed by atoms with Crippen LogP contribution in [0.4, 0.5) is 0 Å². The number of aliphatic hydroxyl groups excluding tert-OH is 1. The first-order chi connectivity index (χ1) is 8.16. The van der Waals surface area contributed by atoms with E-state index >= 15 is 0 Å². The average Bonchev–Trinajstić information content (AvgIpc) is 2.73. The molecule has 0 spiro atoms. The van der Waals surface area contributed by atoms with E-state index in [1.54, 1.807) is 19.9 Å². The van der Waals surface area contributed by atoms with Crippen LogP contribution in [0.1, 0.15) is 30.4 Å². The second-order valence-corrected chi connectivity index (χ2v) is 3.72. The predicted octanol–water partition coefficient (Wildman–Crippen LogP) is 2.01. The van der Waals surface area contributed by atoms with E-state index in [-0.39, 0.29) is 6.61 Å². The van der Waals surface area contributed by atoms with Crippen LogP contribution in [-0.4, -0.2) is 15.3 Å². The summed E-state index contributed by atoms with van der Waals surface area (Å²) in [4.78, 5) is 0. The van der Waals surface area contributed by atoms with Gasteiger partial charge in [-0.1, -0.05) is 18.2 Å². The molecule has 5 heteroatoms.